The van der Waals surface area contributed by atoms with E-state index in [1.165, 1.54) is 11.8 Å². The number of aromatic nitrogens is 4. The van der Waals surface area contributed by atoms with Gasteiger partial charge in [0.1, 0.15) is 5.91 Å². The molecule has 31 heavy (non-hydrogen) atoms. The van der Waals surface area contributed by atoms with Crippen LogP contribution in [0.1, 0.15) is 25.3 Å². The fourth-order valence-corrected chi connectivity index (χ4v) is 5.42. The second-order valence-electron chi connectivity index (χ2n) is 6.51. The van der Waals surface area contributed by atoms with Crippen molar-refractivity contribution in [2.45, 2.75) is 30.3 Å². The first kappa shape index (κ1) is 29.9. The molecule has 1 aromatic carbocycles. The van der Waals surface area contributed by atoms with Crippen molar-refractivity contribution in [3.63, 3.8) is 0 Å². The quantitative estimate of drug-likeness (QED) is 0.279. The van der Waals surface area contributed by atoms with Gasteiger partial charge in [-0.15, -0.1) is 11.8 Å². The van der Waals surface area contributed by atoms with Crippen LogP contribution in [-0.2, 0) is 108 Å². The van der Waals surface area contributed by atoms with E-state index in [4.69, 9.17) is 0 Å². The number of thioether (sulfide) groups is 2. The minimum absolute atomic E-state index is 0. The second kappa shape index (κ2) is 13.7. The van der Waals surface area contributed by atoms with Crippen molar-refractivity contribution in [3.05, 3.63) is 53.2 Å². The number of hydrogen-bond donors (Lipinski definition) is 1. The molecule has 3 radical (unpaired) electrons. The van der Waals surface area contributed by atoms with E-state index in [1.807, 2.05) is 44.2 Å². The Morgan fingerprint density at radius 3 is 2.71 bits per heavy atom. The monoisotopic (exact) mass is 681 g/mol. The molecule has 1 unspecified atom stereocenters. The van der Waals surface area contributed by atoms with Crippen molar-refractivity contribution >= 4 is 35.3 Å². The van der Waals surface area contributed by atoms with Crippen LogP contribution in [0.2, 0.25) is 0 Å². The predicted octanol–water partition coefficient (Wildman–Crippen LogP) is 1.55. The smallest absolute Gasteiger partial charge is 0.201 e. The van der Waals surface area contributed by atoms with Gasteiger partial charge in [0.2, 0.25) is 5.91 Å². The van der Waals surface area contributed by atoms with Crippen LogP contribution in [0.4, 0.5) is 0 Å². The molecule has 0 spiro atoms. The van der Waals surface area contributed by atoms with Crippen molar-refractivity contribution in [3.8, 4) is 0 Å². The first-order valence-corrected chi connectivity index (χ1v) is 10.8. The van der Waals surface area contributed by atoms with Crippen LogP contribution in [-0.4, -0.2) is 49.1 Å². The molecule has 0 bridgehead atoms. The Labute approximate surface area is 265 Å². The Morgan fingerprint density at radius 1 is 1.35 bits per heavy atom. The Bertz CT molecular complexity index is 916. The van der Waals surface area contributed by atoms with Gasteiger partial charge in [0.15, 0.2) is 0 Å². The van der Waals surface area contributed by atoms with Gasteiger partial charge in [0.05, 0.1) is 11.1 Å². The zero-order chi connectivity index (χ0) is 19.7. The summed E-state index contributed by atoms with van der Waals surface area (Å²) in [4.78, 5) is 27.0. The summed E-state index contributed by atoms with van der Waals surface area (Å²) in [5.41, 5.74) is 3.00. The molecule has 155 valence electrons. The number of β-lactam (4-membered cyclic amide) rings is 1. The molecule has 1 saturated heterocycles. The average molecular weight is 681 g/mol. The summed E-state index contributed by atoms with van der Waals surface area (Å²) in [6.07, 6.45) is 0. The summed E-state index contributed by atoms with van der Waals surface area (Å²) < 4.78 is 0. The van der Waals surface area contributed by atoms with E-state index in [0.29, 0.717) is 17.0 Å². The van der Waals surface area contributed by atoms with E-state index in [-0.39, 0.29) is 121 Å². The van der Waals surface area contributed by atoms with Gasteiger partial charge in [0, 0.05) is 115 Å². The maximum Gasteiger partial charge on any atom is 0.201 e. The summed E-state index contributed by atoms with van der Waals surface area (Å²) in [5, 5.41) is 17.8. The number of rotatable bonds is 6. The minimum atomic E-state index is -0.320. The molecule has 1 aromatic heterocycles. The number of allylic oxidation sites excluding steroid dienone is 1. The summed E-state index contributed by atoms with van der Waals surface area (Å²) in [6.45, 7) is 3.78. The van der Waals surface area contributed by atoms with Gasteiger partial charge in [-0.2, -0.15) is 23.0 Å². The van der Waals surface area contributed by atoms with Crippen LogP contribution in [0.5, 0.6) is 0 Å². The molecule has 1 fully saturated rings. The molecule has 13 heteroatoms. The zero-order valence-corrected chi connectivity index (χ0v) is 27.2. The van der Waals surface area contributed by atoms with Crippen molar-refractivity contribution in [2.75, 3.05) is 11.5 Å². The molecule has 8 nitrogen and oxygen atoms in total. The normalized spacial score (nSPS) is 18.0. The first-order chi connectivity index (χ1) is 13.6. The number of fused-ring (bicyclic) bond motifs is 1. The van der Waals surface area contributed by atoms with E-state index < -0.39 is 0 Å². The van der Waals surface area contributed by atoms with Gasteiger partial charge in [-0.05, 0) is 30.4 Å². The van der Waals surface area contributed by atoms with Gasteiger partial charge in [-0.25, -0.2) is 0 Å². The standard InChI is InChI=1S/C18H19N6O2S2.3Y/c1-10(12-6-4-3-5-7-12)15(25)19-14-16(26)24-11(2)13(8-27-17(14)24)9-28-18-20-22-23-21-18;;;/h3-7,10,17H,8-9H2,1-2H3,(H2,19,20,21,22,23,25);;;/q-1;;;/p-1/t10?,17-;;;/m1.../s1. The van der Waals surface area contributed by atoms with Gasteiger partial charge in [-0.1, -0.05) is 30.3 Å². The van der Waals surface area contributed by atoms with E-state index >= 15 is 0 Å². The van der Waals surface area contributed by atoms with E-state index in [9.17, 15) is 9.59 Å². The maximum absolute atomic E-state index is 12.7. The largest absolute Gasteiger partial charge is 0.476 e. The zero-order valence-electron chi connectivity index (χ0n) is 17.1. The molecular formula is C18H18N6O2S2Y3-2. The molecule has 2 aliphatic heterocycles. The SMILES string of the molecule is CC1=C(CSc2nnn[n-]2)CS[C@@H]2[C-](NC(=O)C(C)c3ccccc3)C(=O)N12.[Y].[Y].[Y]. The average Bonchev–Trinajstić information content (AvgIpc) is 3.24. The van der Waals surface area contributed by atoms with Gasteiger partial charge < -0.3 is 20.1 Å². The third-order valence-corrected chi connectivity index (χ3v) is 7.04. The molecular weight excluding hydrogens is 663 g/mol. The van der Waals surface area contributed by atoms with Crippen LogP contribution in [0.25, 0.3) is 0 Å². The molecule has 2 amide bonds. The Morgan fingerprint density at radius 2 is 2.06 bits per heavy atom. The molecule has 0 aliphatic carbocycles. The van der Waals surface area contributed by atoms with E-state index in [0.717, 1.165) is 22.6 Å². The van der Waals surface area contributed by atoms with E-state index in [2.05, 4.69) is 25.9 Å². The molecule has 4 rings (SSSR count). The van der Waals surface area contributed by atoms with Crippen LogP contribution < -0.4 is 10.4 Å². The summed E-state index contributed by atoms with van der Waals surface area (Å²) in [7, 11) is 0. The van der Waals surface area contributed by atoms with Gasteiger partial charge in [0.25, 0.3) is 0 Å². The second-order valence-corrected chi connectivity index (χ2v) is 8.52. The maximum atomic E-state index is 12.7. The predicted molar refractivity (Wildman–Crippen MR) is 106 cm³/mol. The topological polar surface area (TPSA) is 102 Å². The Hall–Kier alpha value is 0.852. The molecule has 3 heterocycles. The summed E-state index contributed by atoms with van der Waals surface area (Å²) in [6, 6.07) is 10.0. The van der Waals surface area contributed by atoms with Crippen LogP contribution in [0.15, 0.2) is 46.8 Å². The van der Waals surface area contributed by atoms with Crippen LogP contribution in [0.3, 0.4) is 0 Å². The van der Waals surface area contributed by atoms with E-state index in [1.54, 1.807) is 16.7 Å². The molecule has 0 saturated carbocycles. The fourth-order valence-electron chi connectivity index (χ4n) is 3.09. The van der Waals surface area contributed by atoms with Crippen LogP contribution in [0, 0.1) is 6.04 Å². The van der Waals surface area contributed by atoms with Crippen molar-refractivity contribution in [1.82, 2.24) is 30.8 Å². The number of nitrogens with zero attached hydrogens (tertiary/aromatic N) is 5. The van der Waals surface area contributed by atoms with Gasteiger partial charge >= 0.3 is 0 Å². The molecule has 2 atom stereocenters. The number of tetrazole rings is 1. The first-order valence-electron chi connectivity index (χ1n) is 8.74. The molecule has 2 aliphatic rings. The van der Waals surface area contributed by atoms with Crippen molar-refractivity contribution in [1.29, 1.82) is 0 Å². The third kappa shape index (κ3) is 6.71. The Balaban J connectivity index is 0.00000160. The minimum Gasteiger partial charge on any atom is -0.476 e. The van der Waals surface area contributed by atoms with Crippen LogP contribution >= 0.6 is 23.5 Å². The fraction of sp³-hybridized carbons (Fsp3) is 0.333. The number of nitrogens with one attached hydrogen (secondary N) is 1. The number of hydrogen-bond acceptors (Lipinski definition) is 7. The number of benzene rings is 1. The third-order valence-electron chi connectivity index (χ3n) is 4.85. The number of amides is 2. The summed E-state index contributed by atoms with van der Waals surface area (Å²) >= 11 is 3.08. The van der Waals surface area contributed by atoms with Crippen molar-refractivity contribution < 1.29 is 108 Å². The van der Waals surface area contributed by atoms with Gasteiger partial charge in [-0.3, -0.25) is 15.1 Å². The Kier molecular flexibility index (Phi) is 13.2. The number of carbonyl (C=O) groups excluding carboxylic acids is 2. The molecule has 1 N–H and O–H groups in total. The summed E-state index contributed by atoms with van der Waals surface area (Å²) in [5.74, 6) is 0.835. The molecule has 2 aromatic rings. The van der Waals surface area contributed by atoms with Crippen molar-refractivity contribution in [2.24, 2.45) is 0 Å². The number of carbonyl (C=O) groups is 2.